The number of alkyl halides is 3. The van der Waals surface area contributed by atoms with Crippen molar-refractivity contribution in [2.24, 2.45) is 0 Å². The third-order valence-electron chi connectivity index (χ3n) is 2.97. The van der Waals surface area contributed by atoms with Gasteiger partial charge in [-0.3, -0.25) is 4.72 Å². The van der Waals surface area contributed by atoms with E-state index in [1.54, 1.807) is 6.92 Å². The summed E-state index contributed by atoms with van der Waals surface area (Å²) < 4.78 is 80.9. The molecule has 0 saturated heterocycles. The predicted molar refractivity (Wildman–Crippen MR) is 95.6 cm³/mol. The van der Waals surface area contributed by atoms with E-state index in [1.165, 1.54) is 31.4 Å². The minimum atomic E-state index is -4.93. The summed E-state index contributed by atoms with van der Waals surface area (Å²) in [6.07, 6.45) is -4.93. The van der Waals surface area contributed by atoms with Gasteiger partial charge in [0.2, 0.25) is 21.1 Å². The number of benzene rings is 1. The number of sulfonamides is 1. The van der Waals surface area contributed by atoms with Crippen LogP contribution in [0.2, 0.25) is 0 Å². The van der Waals surface area contributed by atoms with E-state index in [2.05, 4.69) is 25.9 Å². The number of nitrogens with zero attached hydrogens (tertiary/aromatic N) is 2. The third-order valence-corrected chi connectivity index (χ3v) is 6.11. The molecule has 0 spiro atoms. The zero-order chi connectivity index (χ0) is 20.4. The highest BCUT2D eigenvalue weighted by molar-refractivity contribution is 9.10. The van der Waals surface area contributed by atoms with Crippen LogP contribution in [0, 0.1) is 6.92 Å². The summed E-state index contributed by atoms with van der Waals surface area (Å²) in [6.45, 7) is 1.61. The van der Waals surface area contributed by atoms with Gasteiger partial charge in [-0.25, -0.2) is 17.6 Å². The lowest BCUT2D eigenvalue weighted by atomic mass is 10.3. The van der Waals surface area contributed by atoms with Gasteiger partial charge in [0.25, 0.3) is 0 Å². The van der Waals surface area contributed by atoms with Crippen molar-refractivity contribution in [1.82, 2.24) is 9.97 Å². The molecule has 1 heterocycles. The maximum atomic E-state index is 12.9. The van der Waals surface area contributed by atoms with Crippen molar-refractivity contribution in [2.75, 3.05) is 17.6 Å². The van der Waals surface area contributed by atoms with Crippen LogP contribution in [0.5, 0.6) is 5.88 Å². The van der Waals surface area contributed by atoms with Gasteiger partial charge in [-0.1, -0.05) is 6.07 Å². The van der Waals surface area contributed by atoms with Crippen LogP contribution in [0.1, 0.15) is 5.69 Å². The van der Waals surface area contributed by atoms with Crippen LogP contribution in [0.4, 0.5) is 18.9 Å². The van der Waals surface area contributed by atoms with Gasteiger partial charge in [-0.2, -0.15) is 18.2 Å². The molecule has 0 aliphatic rings. The van der Waals surface area contributed by atoms with Crippen molar-refractivity contribution < 1.29 is 30.5 Å². The normalized spacial score (nSPS) is 13.3. The number of para-hydroxylation sites is 1. The Morgan fingerprint density at radius 2 is 1.96 bits per heavy atom. The van der Waals surface area contributed by atoms with Crippen LogP contribution in [0.15, 0.2) is 38.8 Å². The van der Waals surface area contributed by atoms with E-state index in [1.807, 2.05) is 4.72 Å². The van der Waals surface area contributed by atoms with Crippen molar-refractivity contribution in [3.05, 3.63) is 34.4 Å². The summed E-state index contributed by atoms with van der Waals surface area (Å²) in [5, 5.41) is -0.179. The zero-order valence-electron chi connectivity index (χ0n) is 13.9. The number of halogens is 4. The number of nitrogens with one attached hydrogen (secondary N) is 1. The largest absolute Gasteiger partial charge is 0.481 e. The molecule has 2 rings (SSSR count). The van der Waals surface area contributed by atoms with E-state index in [0.29, 0.717) is 5.69 Å². The number of methoxy groups -OCH3 is 1. The molecular weight excluding hydrogens is 475 g/mol. The molecule has 1 N–H and O–H groups in total. The molecule has 27 heavy (non-hydrogen) atoms. The first-order valence-corrected chi connectivity index (χ1v) is 10.7. The topological polar surface area (TPSA) is 98.2 Å². The molecule has 0 fully saturated rings. The van der Waals surface area contributed by atoms with Gasteiger partial charge >= 0.3 is 6.18 Å². The summed E-state index contributed by atoms with van der Waals surface area (Å²) in [4.78, 5) is 7.86. The fourth-order valence-electron chi connectivity index (χ4n) is 1.96. The molecule has 2 aromatic rings. The molecule has 1 unspecified atom stereocenters. The van der Waals surface area contributed by atoms with Gasteiger partial charge in [0.05, 0.1) is 17.7 Å². The highest BCUT2D eigenvalue weighted by Gasteiger charge is 2.36. The number of aromatic nitrogens is 2. The van der Waals surface area contributed by atoms with Crippen LogP contribution in [0.3, 0.4) is 0 Å². The quantitative estimate of drug-likeness (QED) is 0.628. The van der Waals surface area contributed by atoms with Gasteiger partial charge in [0.15, 0.2) is 5.75 Å². The van der Waals surface area contributed by atoms with Crippen LogP contribution in [0.25, 0.3) is 0 Å². The van der Waals surface area contributed by atoms with E-state index in [-0.39, 0.29) is 26.1 Å². The molecule has 0 bridgehead atoms. The molecule has 7 nitrogen and oxygen atoms in total. The van der Waals surface area contributed by atoms with Crippen LogP contribution < -0.4 is 9.46 Å². The Bertz CT molecular complexity index is 984. The molecule has 0 aliphatic carbocycles. The van der Waals surface area contributed by atoms with Crippen LogP contribution >= 0.6 is 15.9 Å². The first-order chi connectivity index (χ1) is 12.4. The number of aryl methyl sites for hydroxylation is 1. The van der Waals surface area contributed by atoms with E-state index in [4.69, 9.17) is 4.74 Å². The lowest BCUT2D eigenvalue weighted by Crippen LogP contribution is -2.28. The third kappa shape index (κ3) is 5.87. The lowest BCUT2D eigenvalue weighted by molar-refractivity contribution is -0.106. The summed E-state index contributed by atoms with van der Waals surface area (Å²) in [5.41, 5.74) is 0.156. The Balaban J connectivity index is 2.49. The van der Waals surface area contributed by atoms with Gasteiger partial charge in [0, 0.05) is 16.2 Å². The van der Waals surface area contributed by atoms with Crippen molar-refractivity contribution in [1.29, 1.82) is 0 Å². The van der Waals surface area contributed by atoms with E-state index in [9.17, 15) is 25.8 Å². The van der Waals surface area contributed by atoms with Crippen LogP contribution in [-0.2, 0) is 20.8 Å². The van der Waals surface area contributed by atoms with E-state index < -0.39 is 32.8 Å². The molecule has 1 atom stereocenters. The molecule has 13 heteroatoms. The maximum absolute atomic E-state index is 12.9. The number of ether oxygens (including phenoxy) is 1. The number of anilines is 1. The fraction of sp³-hybridized carbons (Fsp3) is 0.286. The molecule has 148 valence electrons. The summed E-state index contributed by atoms with van der Waals surface area (Å²) in [6, 6.07) is 5.63. The summed E-state index contributed by atoms with van der Waals surface area (Å²) in [5.74, 6) is -1.94. The smallest absolute Gasteiger partial charge is 0.404 e. The Labute approximate surface area is 164 Å². The molecule has 0 aliphatic heterocycles. The highest BCUT2D eigenvalue weighted by Crippen LogP contribution is 2.32. The standard InChI is InChI=1S/C14H13BrF3N3O4S2/c1-8-6-11(25-2)20-13(19-8)26(22)10-5-3-4-9(15)12(10)21-27(23,24)7-14(16,17)18/h3-6,21H,7H2,1-2H3. The maximum Gasteiger partial charge on any atom is 0.404 e. The minimum absolute atomic E-state index is 0.109. The van der Waals surface area contributed by atoms with Crippen molar-refractivity contribution in [2.45, 2.75) is 23.2 Å². The molecular formula is C14H13BrF3N3O4S2. The van der Waals surface area contributed by atoms with E-state index in [0.717, 1.165) is 0 Å². The second-order valence-corrected chi connectivity index (χ2v) is 9.11. The van der Waals surface area contributed by atoms with Gasteiger partial charge in [-0.05, 0) is 35.0 Å². The number of hydrogen-bond donors (Lipinski definition) is 1. The van der Waals surface area contributed by atoms with Crippen molar-refractivity contribution in [3.63, 3.8) is 0 Å². The SMILES string of the molecule is COc1cc(C)nc(S(=O)c2cccc(Br)c2NS(=O)(=O)CC(F)(F)F)n1. The summed E-state index contributed by atoms with van der Waals surface area (Å²) in [7, 11) is -5.52. The van der Waals surface area contributed by atoms with Crippen molar-refractivity contribution in [3.8, 4) is 5.88 Å². The average molecular weight is 488 g/mol. The Morgan fingerprint density at radius 1 is 1.30 bits per heavy atom. The average Bonchev–Trinajstić information content (AvgIpc) is 2.53. The predicted octanol–water partition coefficient (Wildman–Crippen LogP) is 3.03. The monoisotopic (exact) mass is 487 g/mol. The first-order valence-electron chi connectivity index (χ1n) is 7.09. The Kier molecular flexibility index (Phi) is 6.47. The van der Waals surface area contributed by atoms with Gasteiger partial charge in [-0.15, -0.1) is 0 Å². The number of rotatable bonds is 6. The molecule has 0 radical (unpaired) electrons. The second kappa shape index (κ2) is 8.10. The minimum Gasteiger partial charge on any atom is -0.481 e. The highest BCUT2D eigenvalue weighted by atomic mass is 79.9. The molecule has 0 amide bonds. The molecule has 0 saturated carbocycles. The van der Waals surface area contributed by atoms with E-state index >= 15 is 0 Å². The van der Waals surface area contributed by atoms with Gasteiger partial charge < -0.3 is 4.74 Å². The van der Waals surface area contributed by atoms with Gasteiger partial charge in [0.1, 0.15) is 10.8 Å². The fourth-order valence-corrected chi connectivity index (χ4v) is 4.94. The van der Waals surface area contributed by atoms with Crippen molar-refractivity contribution >= 4 is 42.4 Å². The zero-order valence-corrected chi connectivity index (χ0v) is 17.1. The lowest BCUT2D eigenvalue weighted by Gasteiger charge is -2.15. The number of hydrogen-bond acceptors (Lipinski definition) is 6. The summed E-state index contributed by atoms with van der Waals surface area (Å²) >= 11 is 3.05. The first kappa shape index (κ1) is 21.6. The Hall–Kier alpha value is -1.73. The second-order valence-electron chi connectivity index (χ2n) is 5.19. The molecule has 1 aromatic heterocycles. The molecule has 1 aromatic carbocycles. The van der Waals surface area contributed by atoms with Crippen LogP contribution in [-0.4, -0.2) is 41.6 Å². The Morgan fingerprint density at radius 3 is 2.56 bits per heavy atom.